The van der Waals surface area contributed by atoms with Crippen LogP contribution in [-0.4, -0.2) is 5.78 Å². The zero-order chi connectivity index (χ0) is 12.1. The van der Waals surface area contributed by atoms with Crippen LogP contribution in [-0.2, 0) is 11.2 Å². The van der Waals surface area contributed by atoms with Gasteiger partial charge in [-0.25, -0.2) is 0 Å². The lowest BCUT2D eigenvalue weighted by Gasteiger charge is -2.06. The van der Waals surface area contributed by atoms with Crippen LogP contribution in [0.3, 0.4) is 0 Å². The van der Waals surface area contributed by atoms with Crippen molar-refractivity contribution in [2.24, 2.45) is 0 Å². The molecule has 0 aliphatic heterocycles. The molecule has 0 amide bonds. The number of carbonyl (C=O) groups is 1. The van der Waals surface area contributed by atoms with Crippen molar-refractivity contribution >= 4 is 29.0 Å². The van der Waals surface area contributed by atoms with E-state index in [1.165, 1.54) is 0 Å². The third kappa shape index (κ3) is 3.36. The molecule has 1 nitrogen and oxygen atoms in total. The van der Waals surface area contributed by atoms with E-state index < -0.39 is 0 Å². The van der Waals surface area contributed by atoms with Crippen LogP contribution in [0.4, 0.5) is 0 Å². The Labute approximate surface area is 106 Å². The van der Waals surface area contributed by atoms with Crippen LogP contribution in [0.15, 0.2) is 29.8 Å². The number of hydrogen-bond donors (Lipinski definition) is 0. The van der Waals surface area contributed by atoms with Gasteiger partial charge in [0.05, 0.1) is 0 Å². The van der Waals surface area contributed by atoms with Gasteiger partial charge in [-0.2, -0.15) is 0 Å². The lowest BCUT2D eigenvalue weighted by Crippen LogP contribution is -2.06. The molecule has 86 valence electrons. The van der Waals surface area contributed by atoms with Crippen LogP contribution in [0.2, 0.25) is 10.0 Å². The molecule has 1 aromatic rings. The van der Waals surface area contributed by atoms with E-state index >= 15 is 0 Å². The molecule has 0 aliphatic carbocycles. The predicted octanol–water partition coefficient (Wildman–Crippen LogP) is 4.46. The molecule has 1 rings (SSSR count). The minimum atomic E-state index is 0.106. The molecular formula is C13H14Cl2O. The van der Waals surface area contributed by atoms with Crippen LogP contribution < -0.4 is 0 Å². The van der Waals surface area contributed by atoms with Gasteiger partial charge in [0.2, 0.25) is 0 Å². The Balaban J connectivity index is 2.88. The highest BCUT2D eigenvalue weighted by molar-refractivity contribution is 6.33. The Hall–Kier alpha value is -0.790. The largest absolute Gasteiger partial charge is 0.294 e. The topological polar surface area (TPSA) is 17.1 Å². The highest BCUT2D eigenvalue weighted by Gasteiger charge is 2.10. The first-order valence-corrected chi connectivity index (χ1v) is 5.96. The van der Waals surface area contributed by atoms with Crippen molar-refractivity contribution in [2.45, 2.75) is 26.7 Å². The van der Waals surface area contributed by atoms with Gasteiger partial charge in [0, 0.05) is 16.5 Å². The first kappa shape index (κ1) is 13.3. The molecule has 0 saturated carbocycles. The summed E-state index contributed by atoms with van der Waals surface area (Å²) in [5.74, 6) is 0.106. The molecule has 0 spiro atoms. The number of benzene rings is 1. The highest BCUT2D eigenvalue weighted by Crippen LogP contribution is 2.22. The monoisotopic (exact) mass is 256 g/mol. The van der Waals surface area contributed by atoms with Crippen molar-refractivity contribution in [3.05, 3.63) is 45.5 Å². The first-order chi connectivity index (χ1) is 7.58. The fraction of sp³-hybridized carbons (Fsp3) is 0.308. The SMILES string of the molecule is C/C=C(/CC)C(=O)Cc1cc(Cl)ccc1Cl. The standard InChI is InChI=1S/C13H14Cl2O/c1-3-9(4-2)13(16)8-10-7-11(14)5-6-12(10)15/h3,5-7H,4,8H2,1-2H3/b9-3-. The number of allylic oxidation sites excluding steroid dienone is 2. The summed E-state index contributed by atoms with van der Waals surface area (Å²) >= 11 is 11.9. The number of hydrogen-bond acceptors (Lipinski definition) is 1. The molecule has 0 saturated heterocycles. The summed E-state index contributed by atoms with van der Waals surface area (Å²) in [5, 5.41) is 1.19. The summed E-state index contributed by atoms with van der Waals surface area (Å²) in [6, 6.07) is 5.17. The Bertz CT molecular complexity index is 422. The molecule has 0 heterocycles. The van der Waals surface area contributed by atoms with Gasteiger partial charge in [-0.1, -0.05) is 36.2 Å². The number of ketones is 1. The van der Waals surface area contributed by atoms with Gasteiger partial charge in [0.25, 0.3) is 0 Å². The molecule has 0 radical (unpaired) electrons. The summed E-state index contributed by atoms with van der Waals surface area (Å²) in [4.78, 5) is 11.9. The molecule has 16 heavy (non-hydrogen) atoms. The quantitative estimate of drug-likeness (QED) is 0.727. The van der Waals surface area contributed by atoms with E-state index in [2.05, 4.69) is 0 Å². The molecule has 0 bridgehead atoms. The smallest absolute Gasteiger partial charge is 0.162 e. The molecule has 1 aromatic carbocycles. The van der Waals surface area contributed by atoms with Crippen molar-refractivity contribution in [3.8, 4) is 0 Å². The average molecular weight is 257 g/mol. The summed E-state index contributed by atoms with van der Waals surface area (Å²) in [6.45, 7) is 3.84. The van der Waals surface area contributed by atoms with E-state index in [-0.39, 0.29) is 5.78 Å². The predicted molar refractivity (Wildman–Crippen MR) is 69.2 cm³/mol. The molecule has 0 aromatic heterocycles. The number of carbonyl (C=O) groups excluding carboxylic acids is 1. The van der Waals surface area contributed by atoms with E-state index in [4.69, 9.17) is 23.2 Å². The van der Waals surface area contributed by atoms with E-state index in [1.807, 2.05) is 19.9 Å². The van der Waals surface area contributed by atoms with Gasteiger partial charge in [-0.05, 0) is 42.7 Å². The summed E-state index contributed by atoms with van der Waals surface area (Å²) < 4.78 is 0. The minimum absolute atomic E-state index is 0.106. The van der Waals surface area contributed by atoms with Gasteiger partial charge < -0.3 is 0 Å². The fourth-order valence-electron chi connectivity index (χ4n) is 1.53. The Morgan fingerprint density at radius 1 is 1.38 bits per heavy atom. The van der Waals surface area contributed by atoms with E-state index in [0.29, 0.717) is 16.5 Å². The van der Waals surface area contributed by atoms with Gasteiger partial charge in [0.1, 0.15) is 0 Å². The van der Waals surface area contributed by atoms with Crippen LogP contribution in [0, 0.1) is 0 Å². The van der Waals surface area contributed by atoms with Crippen LogP contribution in [0.25, 0.3) is 0 Å². The van der Waals surface area contributed by atoms with E-state index in [9.17, 15) is 4.79 Å². The molecule has 0 N–H and O–H groups in total. The third-order valence-corrected chi connectivity index (χ3v) is 3.05. The maximum Gasteiger partial charge on any atom is 0.162 e. The lowest BCUT2D eigenvalue weighted by molar-refractivity contribution is -0.115. The van der Waals surface area contributed by atoms with Gasteiger partial charge in [0.15, 0.2) is 5.78 Å². The second kappa shape index (κ2) is 6.07. The van der Waals surface area contributed by atoms with Gasteiger partial charge in [-0.15, -0.1) is 0 Å². The zero-order valence-corrected chi connectivity index (χ0v) is 10.9. The lowest BCUT2D eigenvalue weighted by atomic mass is 10.0. The average Bonchev–Trinajstić information content (AvgIpc) is 2.25. The van der Waals surface area contributed by atoms with Gasteiger partial charge in [-0.3, -0.25) is 4.79 Å². The fourth-order valence-corrected chi connectivity index (χ4v) is 1.91. The molecule has 3 heteroatoms. The Kier molecular flexibility index (Phi) is 5.04. The van der Waals surface area contributed by atoms with Crippen molar-refractivity contribution in [1.82, 2.24) is 0 Å². The molecular weight excluding hydrogens is 243 g/mol. The molecule has 0 fully saturated rings. The second-order valence-electron chi connectivity index (χ2n) is 3.50. The Morgan fingerprint density at radius 2 is 2.06 bits per heavy atom. The van der Waals surface area contributed by atoms with Crippen LogP contribution >= 0.6 is 23.2 Å². The van der Waals surface area contributed by atoms with E-state index in [0.717, 1.165) is 17.6 Å². The summed E-state index contributed by atoms with van der Waals surface area (Å²) in [5.41, 5.74) is 1.61. The van der Waals surface area contributed by atoms with Crippen molar-refractivity contribution in [3.63, 3.8) is 0 Å². The van der Waals surface area contributed by atoms with Crippen molar-refractivity contribution < 1.29 is 4.79 Å². The van der Waals surface area contributed by atoms with Crippen molar-refractivity contribution in [1.29, 1.82) is 0 Å². The van der Waals surface area contributed by atoms with Crippen LogP contribution in [0.1, 0.15) is 25.8 Å². The van der Waals surface area contributed by atoms with Gasteiger partial charge >= 0.3 is 0 Å². The normalized spacial score (nSPS) is 11.6. The number of rotatable bonds is 4. The summed E-state index contributed by atoms with van der Waals surface area (Å²) in [7, 11) is 0. The third-order valence-electron chi connectivity index (χ3n) is 2.45. The van der Waals surface area contributed by atoms with Crippen LogP contribution in [0.5, 0.6) is 0 Å². The second-order valence-corrected chi connectivity index (χ2v) is 4.35. The highest BCUT2D eigenvalue weighted by atomic mass is 35.5. The minimum Gasteiger partial charge on any atom is -0.294 e. The maximum atomic E-state index is 11.9. The number of halogens is 2. The molecule has 0 atom stereocenters. The zero-order valence-electron chi connectivity index (χ0n) is 9.39. The summed E-state index contributed by atoms with van der Waals surface area (Å²) in [6.07, 6.45) is 2.90. The first-order valence-electron chi connectivity index (χ1n) is 5.20. The Morgan fingerprint density at radius 3 is 2.62 bits per heavy atom. The molecule has 0 unspecified atom stereocenters. The van der Waals surface area contributed by atoms with Crippen molar-refractivity contribution in [2.75, 3.05) is 0 Å². The van der Waals surface area contributed by atoms with E-state index in [1.54, 1.807) is 18.2 Å². The number of Topliss-reactive ketones (excluding diaryl/α,β-unsaturated/α-hetero) is 1. The maximum absolute atomic E-state index is 11.9. The molecule has 0 aliphatic rings.